The van der Waals surface area contributed by atoms with E-state index in [9.17, 15) is 22.8 Å². The van der Waals surface area contributed by atoms with Crippen molar-refractivity contribution in [2.45, 2.75) is 6.18 Å². The minimum atomic E-state index is -4.56. The van der Waals surface area contributed by atoms with Gasteiger partial charge >= 0.3 is 6.18 Å². The van der Waals surface area contributed by atoms with Crippen molar-refractivity contribution in [3.8, 4) is 5.75 Å². The van der Waals surface area contributed by atoms with E-state index >= 15 is 0 Å². The number of ether oxygens (including phenoxy) is 1. The zero-order valence-corrected chi connectivity index (χ0v) is 18.6. The number of hydrogen-bond donors (Lipinski definition) is 1. The molecular weight excluding hydrogens is 447 g/mol. The number of nitrogens with one attached hydrogen (secondary N) is 1. The van der Waals surface area contributed by atoms with E-state index in [0.29, 0.717) is 37.5 Å². The first kappa shape index (κ1) is 23.6. The summed E-state index contributed by atoms with van der Waals surface area (Å²) in [5.41, 5.74) is -0.684. The predicted octanol–water partition coefficient (Wildman–Crippen LogP) is 4.26. The van der Waals surface area contributed by atoms with Gasteiger partial charge in [0.15, 0.2) is 0 Å². The molecule has 178 valence electrons. The summed E-state index contributed by atoms with van der Waals surface area (Å²) in [6, 6.07) is 16.2. The highest BCUT2D eigenvalue weighted by Gasteiger charge is 2.34. The van der Waals surface area contributed by atoms with E-state index < -0.39 is 17.6 Å². The lowest BCUT2D eigenvalue weighted by Crippen LogP contribution is -2.50. The first-order valence-electron chi connectivity index (χ1n) is 10.8. The van der Waals surface area contributed by atoms with Crippen LogP contribution in [0, 0.1) is 0 Å². The molecule has 1 fully saturated rings. The van der Waals surface area contributed by atoms with Crippen molar-refractivity contribution < 1.29 is 27.5 Å². The minimum Gasteiger partial charge on any atom is -0.496 e. The molecule has 6 nitrogen and oxygen atoms in total. The van der Waals surface area contributed by atoms with Gasteiger partial charge < -0.3 is 15.0 Å². The van der Waals surface area contributed by atoms with Gasteiger partial charge in [-0.2, -0.15) is 13.2 Å². The molecule has 0 radical (unpaired) electrons. The van der Waals surface area contributed by atoms with Gasteiger partial charge in [0.25, 0.3) is 5.91 Å². The molecule has 0 bridgehead atoms. The standard InChI is InChI=1S/C25H24F3N3O3/c1-34-22-15-18-7-3-2-6-17(18)14-19(22)24(33)31-12-10-30(11-13-31)16-23(32)29-21-9-5-4-8-20(21)25(26,27)28/h2-9,14-15H,10-13,16H2,1H3,(H,29,32). The lowest BCUT2D eigenvalue weighted by atomic mass is 10.0. The molecular formula is C25H24F3N3O3. The monoisotopic (exact) mass is 471 g/mol. The lowest BCUT2D eigenvalue weighted by Gasteiger charge is -2.34. The van der Waals surface area contributed by atoms with E-state index in [-0.39, 0.29) is 18.1 Å². The summed E-state index contributed by atoms with van der Waals surface area (Å²) in [6.45, 7) is 1.57. The molecule has 0 unspecified atom stereocenters. The molecule has 1 N–H and O–H groups in total. The summed E-state index contributed by atoms with van der Waals surface area (Å²) in [4.78, 5) is 29.1. The van der Waals surface area contributed by atoms with Crippen LogP contribution in [-0.2, 0) is 11.0 Å². The smallest absolute Gasteiger partial charge is 0.418 e. The number of amides is 2. The Hall–Kier alpha value is -3.59. The largest absolute Gasteiger partial charge is 0.496 e. The molecule has 0 aliphatic carbocycles. The average molecular weight is 471 g/mol. The van der Waals surface area contributed by atoms with Gasteiger partial charge in [-0.1, -0.05) is 36.4 Å². The quantitative estimate of drug-likeness (QED) is 0.604. The highest BCUT2D eigenvalue weighted by Crippen LogP contribution is 2.34. The van der Waals surface area contributed by atoms with Gasteiger partial charge in [0.05, 0.1) is 30.5 Å². The van der Waals surface area contributed by atoms with Crippen LogP contribution in [0.4, 0.5) is 18.9 Å². The van der Waals surface area contributed by atoms with E-state index in [1.165, 1.54) is 25.3 Å². The number of halogens is 3. The van der Waals surface area contributed by atoms with Gasteiger partial charge in [0, 0.05) is 26.2 Å². The van der Waals surface area contributed by atoms with Crippen LogP contribution >= 0.6 is 0 Å². The summed E-state index contributed by atoms with van der Waals surface area (Å²) in [5.74, 6) is -0.202. The van der Waals surface area contributed by atoms with Crippen molar-refractivity contribution in [2.24, 2.45) is 0 Å². The number of fused-ring (bicyclic) bond motifs is 1. The summed E-state index contributed by atoms with van der Waals surface area (Å²) in [6.07, 6.45) is -4.56. The predicted molar refractivity (Wildman–Crippen MR) is 123 cm³/mol. The number of anilines is 1. The molecule has 34 heavy (non-hydrogen) atoms. The van der Waals surface area contributed by atoms with E-state index in [0.717, 1.165) is 16.8 Å². The normalized spacial score (nSPS) is 14.8. The third-order valence-electron chi connectivity index (χ3n) is 5.83. The molecule has 0 atom stereocenters. The Labute approximate surface area is 194 Å². The van der Waals surface area contributed by atoms with Crippen molar-refractivity contribution in [1.29, 1.82) is 0 Å². The molecule has 0 spiro atoms. The first-order valence-corrected chi connectivity index (χ1v) is 10.8. The van der Waals surface area contributed by atoms with Crippen molar-refractivity contribution in [2.75, 3.05) is 45.2 Å². The number of alkyl halides is 3. The van der Waals surface area contributed by atoms with E-state index in [1.54, 1.807) is 4.90 Å². The zero-order valence-electron chi connectivity index (χ0n) is 18.6. The van der Waals surface area contributed by atoms with Crippen molar-refractivity contribution in [3.05, 3.63) is 71.8 Å². The maximum Gasteiger partial charge on any atom is 0.418 e. The third kappa shape index (κ3) is 5.14. The molecule has 4 rings (SSSR count). The van der Waals surface area contributed by atoms with Gasteiger partial charge in [-0.3, -0.25) is 14.5 Å². The number of carbonyl (C=O) groups excluding carboxylic acids is 2. The zero-order chi connectivity index (χ0) is 24.3. The minimum absolute atomic E-state index is 0.0620. The topological polar surface area (TPSA) is 61.9 Å². The Morgan fingerprint density at radius 2 is 1.56 bits per heavy atom. The number of piperazine rings is 1. The van der Waals surface area contributed by atoms with Crippen molar-refractivity contribution >= 4 is 28.3 Å². The first-order chi connectivity index (χ1) is 16.3. The molecule has 0 aromatic heterocycles. The van der Waals surface area contributed by atoms with E-state index in [4.69, 9.17) is 4.74 Å². The van der Waals surface area contributed by atoms with Gasteiger partial charge in [-0.25, -0.2) is 0 Å². The van der Waals surface area contributed by atoms with Crippen LogP contribution in [0.15, 0.2) is 60.7 Å². The second-order valence-corrected chi connectivity index (χ2v) is 8.06. The van der Waals surface area contributed by atoms with E-state index in [2.05, 4.69) is 5.32 Å². The van der Waals surface area contributed by atoms with Gasteiger partial charge in [0.1, 0.15) is 5.75 Å². The maximum absolute atomic E-state index is 13.2. The second-order valence-electron chi connectivity index (χ2n) is 8.06. The van der Waals surface area contributed by atoms with Gasteiger partial charge in [-0.05, 0) is 35.0 Å². The molecule has 1 saturated heterocycles. The SMILES string of the molecule is COc1cc2ccccc2cc1C(=O)N1CCN(CC(=O)Nc2ccccc2C(F)(F)F)CC1. The molecule has 3 aromatic carbocycles. The summed E-state index contributed by atoms with van der Waals surface area (Å²) in [5, 5.41) is 4.26. The molecule has 3 aromatic rings. The maximum atomic E-state index is 13.2. The Balaban J connectivity index is 1.37. The number of carbonyl (C=O) groups is 2. The summed E-state index contributed by atoms with van der Waals surface area (Å²) in [7, 11) is 1.52. The van der Waals surface area contributed by atoms with Crippen LogP contribution < -0.4 is 10.1 Å². The molecule has 1 aliphatic heterocycles. The lowest BCUT2D eigenvalue weighted by molar-refractivity contribution is -0.137. The van der Waals surface area contributed by atoms with Crippen LogP contribution in [0.3, 0.4) is 0 Å². The van der Waals surface area contributed by atoms with Crippen LogP contribution in [0.2, 0.25) is 0 Å². The van der Waals surface area contributed by atoms with Crippen LogP contribution in [-0.4, -0.2) is 61.4 Å². The second kappa shape index (κ2) is 9.72. The fourth-order valence-electron chi connectivity index (χ4n) is 4.07. The number of rotatable bonds is 5. The molecule has 1 heterocycles. The Morgan fingerprint density at radius 3 is 2.21 bits per heavy atom. The highest BCUT2D eigenvalue weighted by atomic mass is 19.4. The number of benzene rings is 3. The van der Waals surface area contributed by atoms with Crippen LogP contribution in [0.5, 0.6) is 5.75 Å². The molecule has 1 aliphatic rings. The Morgan fingerprint density at radius 1 is 0.941 bits per heavy atom. The number of hydrogen-bond acceptors (Lipinski definition) is 4. The van der Waals surface area contributed by atoms with E-state index in [1.807, 2.05) is 41.3 Å². The molecule has 0 saturated carbocycles. The molecule has 9 heteroatoms. The Bertz CT molecular complexity index is 1200. The summed E-state index contributed by atoms with van der Waals surface area (Å²) < 4.78 is 44.9. The fourth-order valence-corrected chi connectivity index (χ4v) is 4.07. The van der Waals surface area contributed by atoms with Crippen molar-refractivity contribution in [1.82, 2.24) is 9.80 Å². The number of nitrogens with zero attached hydrogens (tertiary/aromatic N) is 2. The van der Waals surface area contributed by atoms with Gasteiger partial charge in [-0.15, -0.1) is 0 Å². The fraction of sp³-hybridized carbons (Fsp3) is 0.280. The average Bonchev–Trinajstić information content (AvgIpc) is 2.82. The van der Waals surface area contributed by atoms with Crippen LogP contribution in [0.25, 0.3) is 10.8 Å². The molecule has 2 amide bonds. The van der Waals surface area contributed by atoms with Crippen LogP contribution in [0.1, 0.15) is 15.9 Å². The number of para-hydroxylation sites is 1. The number of methoxy groups -OCH3 is 1. The van der Waals surface area contributed by atoms with Crippen molar-refractivity contribution in [3.63, 3.8) is 0 Å². The Kier molecular flexibility index (Phi) is 6.74. The highest BCUT2D eigenvalue weighted by molar-refractivity contribution is 6.01. The summed E-state index contributed by atoms with van der Waals surface area (Å²) >= 11 is 0. The third-order valence-corrected chi connectivity index (χ3v) is 5.83. The van der Waals surface area contributed by atoms with Gasteiger partial charge in [0.2, 0.25) is 5.91 Å².